The van der Waals surface area contributed by atoms with Gasteiger partial charge >= 0.3 is 0 Å². The molecule has 4 aliphatic carbocycles. The second-order valence-corrected chi connectivity index (χ2v) is 15.7. The fraction of sp³-hybridized carbons (Fsp3) is 0.234. The molecule has 1 aromatic heterocycles. The Morgan fingerprint density at radius 2 is 0.960 bits per heavy atom. The molecule has 0 aliphatic heterocycles. The first-order valence-corrected chi connectivity index (χ1v) is 18.5. The Kier molecular flexibility index (Phi) is 6.06. The molecule has 0 N–H and O–H groups in total. The van der Waals surface area contributed by atoms with Crippen LogP contribution in [-0.2, 0) is 5.41 Å². The van der Waals surface area contributed by atoms with Gasteiger partial charge in [-0.1, -0.05) is 66.7 Å². The number of fused-ring (bicyclic) bond motifs is 4. The minimum absolute atomic E-state index is 0.394. The summed E-state index contributed by atoms with van der Waals surface area (Å²) in [4.78, 5) is 4.66. The molecule has 50 heavy (non-hydrogen) atoms. The molecule has 3 nitrogen and oxygen atoms in total. The summed E-state index contributed by atoms with van der Waals surface area (Å²) in [7, 11) is 0. The third kappa shape index (κ3) is 4.16. The predicted molar refractivity (Wildman–Crippen MR) is 205 cm³/mol. The quantitative estimate of drug-likeness (QED) is 0.171. The van der Waals surface area contributed by atoms with Crippen molar-refractivity contribution in [3.8, 4) is 0 Å². The molecule has 0 radical (unpaired) electrons. The van der Waals surface area contributed by atoms with Crippen molar-refractivity contribution in [1.82, 2.24) is 0 Å². The first-order valence-electron chi connectivity index (χ1n) is 18.5. The van der Waals surface area contributed by atoms with Gasteiger partial charge in [-0.25, -0.2) is 0 Å². The molecule has 7 aromatic rings. The lowest BCUT2D eigenvalue weighted by Gasteiger charge is -2.69. The van der Waals surface area contributed by atoms with Gasteiger partial charge in [0.05, 0.1) is 0 Å². The third-order valence-corrected chi connectivity index (χ3v) is 13.2. The zero-order valence-electron chi connectivity index (χ0n) is 28.2. The highest BCUT2D eigenvalue weighted by Gasteiger charge is 2.71. The Morgan fingerprint density at radius 3 is 1.48 bits per heavy atom. The average Bonchev–Trinajstić information content (AvgIpc) is 3.71. The van der Waals surface area contributed by atoms with Gasteiger partial charge in [0, 0.05) is 57.0 Å². The monoisotopic (exact) mass is 648 g/mol. The van der Waals surface area contributed by atoms with E-state index in [1.54, 1.807) is 5.56 Å². The first-order chi connectivity index (χ1) is 24.7. The summed E-state index contributed by atoms with van der Waals surface area (Å²) in [5.74, 6) is 3.12. The summed E-state index contributed by atoms with van der Waals surface area (Å²) in [5.41, 5.74) is 11.1. The molecule has 5 unspecified atom stereocenters. The summed E-state index contributed by atoms with van der Waals surface area (Å²) in [6, 6.07) is 54.8. The Morgan fingerprint density at radius 1 is 0.480 bits per heavy atom. The lowest BCUT2D eigenvalue weighted by molar-refractivity contribution is -0.190. The Hall–Kier alpha value is -5.28. The van der Waals surface area contributed by atoms with E-state index in [2.05, 4.69) is 161 Å². The molecule has 244 valence electrons. The van der Waals surface area contributed by atoms with Gasteiger partial charge in [0.15, 0.2) is 0 Å². The highest BCUT2D eigenvalue weighted by atomic mass is 16.3. The topological polar surface area (TPSA) is 19.6 Å². The Balaban J connectivity index is 0.967. The van der Waals surface area contributed by atoms with E-state index in [1.165, 1.54) is 44.2 Å². The van der Waals surface area contributed by atoms with Gasteiger partial charge in [-0.05, 0) is 145 Å². The number of anilines is 6. The zero-order chi connectivity index (χ0) is 32.9. The number of furan rings is 1. The van der Waals surface area contributed by atoms with Crippen LogP contribution >= 0.6 is 0 Å². The maximum Gasteiger partial charge on any atom is 0.137 e. The summed E-state index contributed by atoms with van der Waals surface area (Å²) in [5, 5.41) is 2.25. The minimum atomic E-state index is 0.394. The van der Waals surface area contributed by atoms with E-state index in [4.69, 9.17) is 4.42 Å². The molecular formula is C47H40N2O. The van der Waals surface area contributed by atoms with Gasteiger partial charge < -0.3 is 14.2 Å². The minimum Gasteiger partial charge on any atom is -0.456 e. The van der Waals surface area contributed by atoms with Crippen LogP contribution < -0.4 is 9.80 Å². The van der Waals surface area contributed by atoms with Gasteiger partial charge in [0.1, 0.15) is 11.2 Å². The van der Waals surface area contributed by atoms with Crippen LogP contribution in [0.2, 0.25) is 0 Å². The number of nitrogens with zero attached hydrogens (tertiary/aromatic N) is 2. The highest BCUT2D eigenvalue weighted by Crippen LogP contribution is 2.79. The zero-order valence-corrected chi connectivity index (χ0v) is 28.2. The van der Waals surface area contributed by atoms with Crippen LogP contribution in [0.3, 0.4) is 0 Å². The van der Waals surface area contributed by atoms with Crippen molar-refractivity contribution in [2.45, 2.75) is 43.9 Å². The standard InChI is InChI=1S/C47H40N2O/c1-4-10-35(11-5-1)48(36-12-6-2-7-13-36)39-20-22-41-42-23-21-40(28-44(42)50-43(41)27-39)49(37-14-8-3-9-15-37)38-18-16-34(17-19-38)46-24-25-47(31-46)30-33-26-32(29-46)45(33)47/h1-23,27-28,32-33,45H,24-26,29-31H2. The summed E-state index contributed by atoms with van der Waals surface area (Å²) >= 11 is 0. The fourth-order valence-electron chi connectivity index (χ4n) is 11.2. The van der Waals surface area contributed by atoms with E-state index >= 15 is 0 Å². The lowest BCUT2D eigenvalue weighted by Crippen LogP contribution is -2.62. The normalized spacial score (nSPS) is 25.9. The van der Waals surface area contributed by atoms with E-state index in [-0.39, 0.29) is 0 Å². The van der Waals surface area contributed by atoms with Crippen molar-refractivity contribution in [3.05, 3.63) is 157 Å². The summed E-state index contributed by atoms with van der Waals surface area (Å²) < 4.78 is 6.69. The number of hydrogen-bond acceptors (Lipinski definition) is 3. The van der Waals surface area contributed by atoms with Crippen molar-refractivity contribution >= 4 is 56.1 Å². The van der Waals surface area contributed by atoms with Crippen LogP contribution in [0, 0.1) is 23.2 Å². The number of benzene rings is 6. The maximum absolute atomic E-state index is 6.69. The first kappa shape index (κ1) is 28.5. The maximum atomic E-state index is 6.69. The van der Waals surface area contributed by atoms with Crippen LogP contribution in [0.25, 0.3) is 21.9 Å². The number of rotatable bonds is 7. The second-order valence-electron chi connectivity index (χ2n) is 15.7. The molecule has 1 heterocycles. The van der Waals surface area contributed by atoms with Crippen LogP contribution in [0.15, 0.2) is 156 Å². The Bertz CT molecular complexity index is 2330. The molecule has 1 spiro atoms. The van der Waals surface area contributed by atoms with Crippen molar-refractivity contribution in [1.29, 1.82) is 0 Å². The molecule has 3 heteroatoms. The molecule has 2 bridgehead atoms. The van der Waals surface area contributed by atoms with Gasteiger partial charge in [0.25, 0.3) is 0 Å². The molecule has 4 saturated carbocycles. The van der Waals surface area contributed by atoms with Crippen LogP contribution in [-0.4, -0.2) is 0 Å². The molecule has 0 amide bonds. The molecule has 11 rings (SSSR count). The molecule has 4 fully saturated rings. The number of hydrogen-bond donors (Lipinski definition) is 0. The average molecular weight is 649 g/mol. The molecule has 0 saturated heterocycles. The SMILES string of the molecule is c1ccc(N(c2ccccc2)c2ccc3c(c2)oc2cc(N(c4ccccc4)c4ccc(C56CCC7(CC8CC(C5)C87)C6)cc4)ccc23)cc1. The van der Waals surface area contributed by atoms with Crippen LogP contribution in [0.1, 0.15) is 44.1 Å². The van der Waals surface area contributed by atoms with E-state index in [0.717, 1.165) is 68.1 Å². The molecular weight excluding hydrogens is 609 g/mol. The van der Waals surface area contributed by atoms with Gasteiger partial charge in [-0.15, -0.1) is 0 Å². The van der Waals surface area contributed by atoms with Crippen molar-refractivity contribution in [3.63, 3.8) is 0 Å². The summed E-state index contributed by atoms with van der Waals surface area (Å²) in [6.07, 6.45) is 8.69. The van der Waals surface area contributed by atoms with E-state index < -0.39 is 0 Å². The van der Waals surface area contributed by atoms with Gasteiger partial charge in [-0.3, -0.25) is 0 Å². The van der Waals surface area contributed by atoms with Crippen LogP contribution in [0.4, 0.5) is 34.1 Å². The molecule has 4 aliphatic rings. The predicted octanol–water partition coefficient (Wildman–Crippen LogP) is 13.0. The number of para-hydroxylation sites is 3. The summed E-state index contributed by atoms with van der Waals surface area (Å²) in [6.45, 7) is 0. The highest BCUT2D eigenvalue weighted by molar-refractivity contribution is 6.07. The molecule has 5 atom stereocenters. The van der Waals surface area contributed by atoms with Gasteiger partial charge in [0.2, 0.25) is 0 Å². The van der Waals surface area contributed by atoms with E-state index in [1.807, 2.05) is 0 Å². The van der Waals surface area contributed by atoms with Crippen LogP contribution in [0.5, 0.6) is 0 Å². The van der Waals surface area contributed by atoms with Crippen molar-refractivity contribution in [2.75, 3.05) is 9.80 Å². The van der Waals surface area contributed by atoms with Gasteiger partial charge in [-0.2, -0.15) is 0 Å². The van der Waals surface area contributed by atoms with E-state index in [0.29, 0.717) is 10.8 Å². The lowest BCUT2D eigenvalue weighted by atomic mass is 9.36. The van der Waals surface area contributed by atoms with E-state index in [9.17, 15) is 0 Å². The fourth-order valence-corrected chi connectivity index (χ4v) is 11.2. The largest absolute Gasteiger partial charge is 0.456 e. The second kappa shape index (κ2) is 10.6. The van der Waals surface area contributed by atoms with Crippen molar-refractivity contribution in [2.24, 2.45) is 23.2 Å². The van der Waals surface area contributed by atoms with Crippen molar-refractivity contribution < 1.29 is 4.42 Å². The third-order valence-electron chi connectivity index (χ3n) is 13.2. The Labute approximate surface area is 293 Å². The smallest absolute Gasteiger partial charge is 0.137 e. The molecule has 6 aromatic carbocycles.